The van der Waals surface area contributed by atoms with Crippen LogP contribution in [0.4, 0.5) is 5.95 Å². The fourth-order valence-corrected chi connectivity index (χ4v) is 2.38. The van der Waals surface area contributed by atoms with Gasteiger partial charge in [-0.05, 0) is 19.1 Å². The third-order valence-electron chi connectivity index (χ3n) is 3.37. The molecule has 6 nitrogen and oxygen atoms in total. The van der Waals surface area contributed by atoms with Crippen LogP contribution in [0.5, 0.6) is 0 Å². The van der Waals surface area contributed by atoms with Crippen molar-refractivity contribution in [3.05, 3.63) is 24.3 Å². The second kappa shape index (κ2) is 6.11. The minimum absolute atomic E-state index is 0.274. The summed E-state index contributed by atoms with van der Waals surface area (Å²) in [7, 11) is 0. The Labute approximate surface area is 118 Å². The average molecular weight is 273 g/mol. The highest BCUT2D eigenvalue weighted by atomic mass is 16.5. The van der Waals surface area contributed by atoms with Gasteiger partial charge in [0.05, 0.1) is 18.7 Å². The molecule has 0 bridgehead atoms. The molecule has 1 aliphatic rings. The minimum Gasteiger partial charge on any atom is -0.379 e. The van der Waals surface area contributed by atoms with Crippen LogP contribution in [0.25, 0.3) is 11.0 Å². The Morgan fingerprint density at radius 3 is 2.75 bits per heavy atom. The third kappa shape index (κ3) is 3.20. The number of para-hydroxylation sites is 1. The molecular formula is C14H19N5O. The van der Waals surface area contributed by atoms with Crippen LogP contribution in [0, 0.1) is 0 Å². The van der Waals surface area contributed by atoms with Crippen molar-refractivity contribution in [3.8, 4) is 0 Å². The summed E-state index contributed by atoms with van der Waals surface area (Å²) in [6.07, 6.45) is 0. The lowest BCUT2D eigenvalue weighted by Gasteiger charge is -2.29. The molecule has 1 fully saturated rings. The Morgan fingerprint density at radius 1 is 1.20 bits per heavy atom. The first-order chi connectivity index (χ1) is 9.81. The normalized spacial score (nSPS) is 18.1. The summed E-state index contributed by atoms with van der Waals surface area (Å²) < 4.78 is 5.35. The number of anilines is 1. The Morgan fingerprint density at radius 2 is 1.95 bits per heavy atom. The summed E-state index contributed by atoms with van der Waals surface area (Å²) in [4.78, 5) is 6.86. The molecular weight excluding hydrogens is 254 g/mol. The number of rotatable bonds is 4. The van der Waals surface area contributed by atoms with E-state index in [2.05, 4.69) is 32.3 Å². The number of fused-ring (bicyclic) bond motifs is 1. The first kappa shape index (κ1) is 13.2. The molecule has 1 aliphatic heterocycles. The number of nitrogens with one attached hydrogen (secondary N) is 1. The number of ether oxygens (including phenoxy) is 1. The molecule has 0 amide bonds. The summed E-state index contributed by atoms with van der Waals surface area (Å²) in [5, 5.41) is 11.6. The molecule has 6 heteroatoms. The maximum atomic E-state index is 5.35. The van der Waals surface area contributed by atoms with Gasteiger partial charge in [0.25, 0.3) is 0 Å². The summed E-state index contributed by atoms with van der Waals surface area (Å²) in [5.74, 6) is 0.587. The molecule has 1 unspecified atom stereocenters. The predicted molar refractivity (Wildman–Crippen MR) is 77.7 cm³/mol. The molecule has 20 heavy (non-hydrogen) atoms. The van der Waals surface area contributed by atoms with Crippen molar-refractivity contribution in [1.29, 1.82) is 0 Å². The van der Waals surface area contributed by atoms with Crippen LogP contribution in [-0.2, 0) is 4.74 Å². The van der Waals surface area contributed by atoms with Gasteiger partial charge >= 0.3 is 0 Å². The Kier molecular flexibility index (Phi) is 4.03. The summed E-state index contributed by atoms with van der Waals surface area (Å²) >= 11 is 0. The maximum absolute atomic E-state index is 5.35. The van der Waals surface area contributed by atoms with Gasteiger partial charge in [-0.25, -0.2) is 4.98 Å². The van der Waals surface area contributed by atoms with Crippen LogP contribution in [0.15, 0.2) is 24.3 Å². The number of hydrogen-bond acceptors (Lipinski definition) is 6. The molecule has 1 saturated heterocycles. The van der Waals surface area contributed by atoms with Gasteiger partial charge in [-0.3, -0.25) is 4.90 Å². The van der Waals surface area contributed by atoms with E-state index in [1.54, 1.807) is 0 Å². The predicted octanol–water partition coefficient (Wildman–Crippen LogP) is 1.16. The maximum Gasteiger partial charge on any atom is 0.243 e. The third-order valence-corrected chi connectivity index (χ3v) is 3.37. The van der Waals surface area contributed by atoms with Gasteiger partial charge < -0.3 is 10.1 Å². The second-order valence-electron chi connectivity index (χ2n) is 5.08. The van der Waals surface area contributed by atoms with Gasteiger partial charge in [-0.1, -0.05) is 12.1 Å². The van der Waals surface area contributed by atoms with Gasteiger partial charge in [0, 0.05) is 25.7 Å². The molecule has 1 atom stereocenters. The number of benzene rings is 1. The summed E-state index contributed by atoms with van der Waals surface area (Å²) in [5.41, 5.74) is 1.68. The highest BCUT2D eigenvalue weighted by Gasteiger charge is 2.14. The van der Waals surface area contributed by atoms with Crippen molar-refractivity contribution < 1.29 is 4.74 Å². The van der Waals surface area contributed by atoms with Crippen LogP contribution in [0.2, 0.25) is 0 Å². The molecule has 0 spiro atoms. The molecule has 0 saturated carbocycles. The van der Waals surface area contributed by atoms with Crippen molar-refractivity contribution in [2.45, 2.75) is 13.0 Å². The van der Waals surface area contributed by atoms with E-state index in [4.69, 9.17) is 4.74 Å². The molecule has 0 aliphatic carbocycles. The number of hydrogen-bond donors (Lipinski definition) is 1. The molecule has 1 aromatic carbocycles. The quantitative estimate of drug-likeness (QED) is 0.902. The van der Waals surface area contributed by atoms with Crippen molar-refractivity contribution in [2.24, 2.45) is 0 Å². The van der Waals surface area contributed by atoms with Crippen molar-refractivity contribution in [3.63, 3.8) is 0 Å². The highest BCUT2D eigenvalue weighted by Crippen LogP contribution is 2.10. The molecule has 106 valence electrons. The van der Waals surface area contributed by atoms with Crippen LogP contribution < -0.4 is 5.32 Å². The van der Waals surface area contributed by atoms with E-state index >= 15 is 0 Å². The smallest absolute Gasteiger partial charge is 0.243 e. The van der Waals surface area contributed by atoms with Crippen molar-refractivity contribution >= 4 is 17.0 Å². The number of morpholine rings is 1. The number of aromatic nitrogens is 3. The van der Waals surface area contributed by atoms with E-state index < -0.39 is 0 Å². The lowest BCUT2D eigenvalue weighted by Crippen LogP contribution is -2.42. The molecule has 1 N–H and O–H groups in total. The van der Waals surface area contributed by atoms with Crippen LogP contribution >= 0.6 is 0 Å². The summed E-state index contributed by atoms with van der Waals surface area (Å²) in [6, 6.07) is 8.03. The van der Waals surface area contributed by atoms with Gasteiger partial charge in [0.15, 0.2) is 0 Å². The van der Waals surface area contributed by atoms with E-state index in [1.807, 2.05) is 24.3 Å². The van der Waals surface area contributed by atoms with Crippen molar-refractivity contribution in [1.82, 2.24) is 20.1 Å². The van der Waals surface area contributed by atoms with Crippen LogP contribution in [0.3, 0.4) is 0 Å². The van der Waals surface area contributed by atoms with Crippen LogP contribution in [0.1, 0.15) is 6.92 Å². The van der Waals surface area contributed by atoms with Gasteiger partial charge in [0.2, 0.25) is 5.95 Å². The Hall–Kier alpha value is -1.79. The first-order valence-electron chi connectivity index (χ1n) is 6.97. The zero-order valence-electron chi connectivity index (χ0n) is 11.6. The highest BCUT2D eigenvalue weighted by molar-refractivity contribution is 5.74. The van der Waals surface area contributed by atoms with Crippen LogP contribution in [-0.4, -0.2) is 59.0 Å². The first-order valence-corrected chi connectivity index (χ1v) is 6.97. The lowest BCUT2D eigenvalue weighted by atomic mass is 10.3. The molecule has 1 aromatic heterocycles. The zero-order valence-corrected chi connectivity index (χ0v) is 11.6. The largest absolute Gasteiger partial charge is 0.379 e. The van der Waals surface area contributed by atoms with E-state index in [0.29, 0.717) is 5.95 Å². The molecule has 0 radical (unpaired) electrons. The fourth-order valence-electron chi connectivity index (χ4n) is 2.38. The van der Waals surface area contributed by atoms with Crippen molar-refractivity contribution in [2.75, 3.05) is 38.2 Å². The van der Waals surface area contributed by atoms with E-state index in [-0.39, 0.29) is 6.04 Å². The summed E-state index contributed by atoms with van der Waals surface area (Å²) in [6.45, 7) is 6.71. The second-order valence-corrected chi connectivity index (χ2v) is 5.08. The fraction of sp³-hybridized carbons (Fsp3) is 0.500. The van der Waals surface area contributed by atoms with Gasteiger partial charge in [-0.15, -0.1) is 10.2 Å². The zero-order chi connectivity index (χ0) is 13.8. The Bertz CT molecular complexity index is 570. The number of nitrogens with zero attached hydrogens (tertiary/aromatic N) is 4. The lowest BCUT2D eigenvalue weighted by molar-refractivity contribution is 0.0368. The SMILES string of the molecule is CC(CN1CCOCC1)Nc1nnc2ccccc2n1. The average Bonchev–Trinajstić information content (AvgIpc) is 2.48. The van der Waals surface area contributed by atoms with Gasteiger partial charge in [0.1, 0.15) is 5.52 Å². The Balaban J connectivity index is 1.62. The molecule has 2 heterocycles. The molecule has 2 aromatic rings. The van der Waals surface area contributed by atoms with E-state index in [0.717, 1.165) is 43.9 Å². The van der Waals surface area contributed by atoms with Gasteiger partial charge in [-0.2, -0.15) is 0 Å². The van der Waals surface area contributed by atoms with E-state index in [1.165, 1.54) is 0 Å². The minimum atomic E-state index is 0.274. The topological polar surface area (TPSA) is 63.2 Å². The van der Waals surface area contributed by atoms with E-state index in [9.17, 15) is 0 Å². The molecule has 3 rings (SSSR count). The monoisotopic (exact) mass is 273 g/mol. The standard InChI is InChI=1S/C14H19N5O/c1-11(10-19-6-8-20-9-7-19)15-14-16-12-4-2-3-5-13(12)17-18-14/h2-5,11H,6-10H2,1H3,(H,15,16,18).